The van der Waals surface area contributed by atoms with E-state index in [2.05, 4.69) is 71.8 Å². The Bertz CT molecular complexity index is 1110. The highest BCUT2D eigenvalue weighted by atomic mass is 32.1. The van der Waals surface area contributed by atoms with Crippen molar-refractivity contribution in [2.45, 2.75) is 32.2 Å². The van der Waals surface area contributed by atoms with Crippen molar-refractivity contribution in [3.63, 3.8) is 0 Å². The van der Waals surface area contributed by atoms with E-state index >= 15 is 0 Å². The van der Waals surface area contributed by atoms with E-state index in [1.54, 1.807) is 11.3 Å². The summed E-state index contributed by atoms with van der Waals surface area (Å²) in [6.45, 7) is 5.06. The van der Waals surface area contributed by atoms with Gasteiger partial charge in [-0.25, -0.2) is 0 Å². The smallest absolute Gasteiger partial charge is 0.262 e. The minimum Gasteiger partial charge on any atom is -0.398 e. The largest absolute Gasteiger partial charge is 0.398 e. The van der Waals surface area contributed by atoms with Crippen LogP contribution < -0.4 is 10.3 Å². The number of benzene rings is 3. The average molecular weight is 400 g/mol. The Balaban J connectivity index is 1.56. The van der Waals surface area contributed by atoms with Crippen molar-refractivity contribution in [3.05, 3.63) is 89.9 Å². The van der Waals surface area contributed by atoms with Gasteiger partial charge in [-0.05, 0) is 43.0 Å². The molecule has 146 valence electrons. The molecular formula is C26H27N2S+. The third-order valence-electron chi connectivity index (χ3n) is 5.37. The van der Waals surface area contributed by atoms with Gasteiger partial charge in [0.15, 0.2) is 6.54 Å². The van der Waals surface area contributed by atoms with Crippen molar-refractivity contribution in [1.82, 2.24) is 0 Å². The maximum atomic E-state index is 6.30. The molecule has 0 amide bonds. The fraction of sp³-hybridized carbons (Fsp3) is 0.192. The van der Waals surface area contributed by atoms with Crippen LogP contribution >= 0.6 is 11.3 Å². The zero-order chi connectivity index (χ0) is 20.1. The van der Waals surface area contributed by atoms with Gasteiger partial charge in [0.25, 0.3) is 5.01 Å². The van der Waals surface area contributed by atoms with Crippen molar-refractivity contribution in [1.29, 1.82) is 0 Å². The fourth-order valence-corrected chi connectivity index (χ4v) is 4.98. The lowest BCUT2D eigenvalue weighted by Gasteiger charge is -2.06. The molecule has 1 aromatic heterocycles. The lowest BCUT2D eigenvalue weighted by Crippen LogP contribution is -2.35. The molecule has 0 unspecified atom stereocenters. The van der Waals surface area contributed by atoms with Gasteiger partial charge in [0.2, 0.25) is 5.52 Å². The summed E-state index contributed by atoms with van der Waals surface area (Å²) in [7, 11) is 0. The molecule has 0 radical (unpaired) electrons. The van der Waals surface area contributed by atoms with Crippen LogP contribution in [0, 0.1) is 0 Å². The fourth-order valence-electron chi connectivity index (χ4n) is 3.92. The number of rotatable bonds is 8. The number of anilines is 1. The summed E-state index contributed by atoms with van der Waals surface area (Å²) in [5.74, 6) is 0. The number of aromatic nitrogens is 1. The van der Waals surface area contributed by atoms with Crippen molar-refractivity contribution < 1.29 is 4.57 Å². The van der Waals surface area contributed by atoms with Crippen LogP contribution in [-0.2, 0) is 13.0 Å². The zero-order valence-corrected chi connectivity index (χ0v) is 17.5. The van der Waals surface area contributed by atoms with Crippen LogP contribution in [0.4, 0.5) is 5.69 Å². The van der Waals surface area contributed by atoms with Gasteiger partial charge in [-0.1, -0.05) is 72.5 Å². The Morgan fingerprint density at radius 1 is 0.828 bits per heavy atom. The van der Waals surface area contributed by atoms with Crippen LogP contribution in [0.1, 0.15) is 29.8 Å². The number of para-hydroxylation sites is 2. The van der Waals surface area contributed by atoms with Gasteiger partial charge in [0.05, 0.1) is 5.56 Å². The first-order valence-corrected chi connectivity index (χ1v) is 11.1. The molecule has 0 atom stereocenters. The second kappa shape index (κ2) is 9.06. The predicted octanol–water partition coefficient (Wildman–Crippen LogP) is 6.49. The van der Waals surface area contributed by atoms with Crippen LogP contribution in [-0.4, -0.2) is 0 Å². The number of hydrogen-bond donors (Lipinski definition) is 1. The minimum absolute atomic E-state index is 0.820. The summed E-state index contributed by atoms with van der Waals surface area (Å²) in [5, 5.41) is 1.21. The lowest BCUT2D eigenvalue weighted by molar-refractivity contribution is -0.669. The first-order valence-electron chi connectivity index (χ1n) is 10.2. The van der Waals surface area contributed by atoms with E-state index in [4.69, 9.17) is 5.73 Å². The first kappa shape index (κ1) is 19.4. The summed E-state index contributed by atoms with van der Waals surface area (Å²) in [6, 6.07) is 25.4. The third-order valence-corrected chi connectivity index (χ3v) is 6.51. The van der Waals surface area contributed by atoms with Gasteiger partial charge >= 0.3 is 0 Å². The molecule has 2 N–H and O–H groups in total. The molecule has 0 aliphatic heterocycles. The van der Waals surface area contributed by atoms with Crippen LogP contribution in [0.3, 0.4) is 0 Å². The molecule has 0 saturated carbocycles. The van der Waals surface area contributed by atoms with Gasteiger partial charge in [-0.2, -0.15) is 4.57 Å². The molecule has 4 rings (SSSR count). The quantitative estimate of drug-likeness (QED) is 0.205. The molecule has 0 spiro atoms. The second-order valence-electron chi connectivity index (χ2n) is 7.33. The number of nitrogens with two attached hydrogens (primary N) is 1. The van der Waals surface area contributed by atoms with E-state index in [9.17, 15) is 0 Å². The lowest BCUT2D eigenvalue weighted by atomic mass is 10.0. The third kappa shape index (κ3) is 4.25. The molecule has 0 aliphatic carbocycles. The van der Waals surface area contributed by atoms with E-state index < -0.39 is 0 Å². The highest BCUT2D eigenvalue weighted by Crippen LogP contribution is 2.33. The highest BCUT2D eigenvalue weighted by molar-refractivity contribution is 7.18. The first-order chi connectivity index (χ1) is 14.3. The van der Waals surface area contributed by atoms with Gasteiger partial charge in [0.1, 0.15) is 4.70 Å². The number of nitrogens with zero attached hydrogens (tertiary/aromatic N) is 1. The van der Waals surface area contributed by atoms with E-state index in [-0.39, 0.29) is 0 Å². The van der Waals surface area contributed by atoms with E-state index in [0.29, 0.717) is 0 Å². The second-order valence-corrected chi connectivity index (χ2v) is 8.39. The number of unbranched alkanes of at least 4 members (excludes halogenated alkanes) is 2. The van der Waals surface area contributed by atoms with Gasteiger partial charge in [0, 0.05) is 23.7 Å². The molecule has 2 nitrogen and oxygen atoms in total. The van der Waals surface area contributed by atoms with Crippen LogP contribution in [0.5, 0.6) is 0 Å². The van der Waals surface area contributed by atoms with Gasteiger partial charge < -0.3 is 5.73 Å². The maximum absolute atomic E-state index is 6.30. The average Bonchev–Trinajstić information content (AvgIpc) is 3.12. The standard InChI is InChI=1S/C26H27N2S/c1-2-25-28(19-10-4-7-14-20-12-5-3-6-13-20)26-22(16-11-18-24(26)29-25)21-15-8-9-17-23(21)27/h2-3,5-6,8-9,11-13,15-18H,1,4,7,10,14,19,27H2/q+1. The summed E-state index contributed by atoms with van der Waals surface area (Å²) in [5.41, 5.74) is 12.1. The summed E-state index contributed by atoms with van der Waals surface area (Å²) < 4.78 is 3.71. The number of aryl methyl sites for hydroxylation is 2. The Hall–Kier alpha value is -2.91. The SMILES string of the molecule is C=Cc1sc2cccc(-c3ccccc3N)c2[n+]1CCCCCc1ccccc1. The minimum atomic E-state index is 0.820. The Labute approximate surface area is 177 Å². The predicted molar refractivity (Wildman–Crippen MR) is 126 cm³/mol. The van der Waals surface area contributed by atoms with E-state index in [0.717, 1.165) is 30.6 Å². The molecule has 0 aliphatic rings. The number of hydrogen-bond acceptors (Lipinski definition) is 2. The molecule has 3 aromatic carbocycles. The van der Waals surface area contributed by atoms with Crippen LogP contribution in [0.15, 0.2) is 79.4 Å². The number of fused-ring (bicyclic) bond motifs is 1. The number of thiazole rings is 1. The molecule has 3 heteroatoms. The molecule has 1 heterocycles. The van der Waals surface area contributed by atoms with Gasteiger partial charge in [-0.15, -0.1) is 0 Å². The van der Waals surface area contributed by atoms with Crippen molar-refractivity contribution in [3.8, 4) is 11.1 Å². The molecule has 0 bridgehead atoms. The summed E-state index contributed by atoms with van der Waals surface area (Å²) >= 11 is 1.80. The summed E-state index contributed by atoms with van der Waals surface area (Å²) in [6.07, 6.45) is 6.71. The molecule has 0 fully saturated rings. The van der Waals surface area contributed by atoms with Gasteiger partial charge in [-0.3, -0.25) is 0 Å². The van der Waals surface area contributed by atoms with Crippen molar-refractivity contribution >= 4 is 33.3 Å². The van der Waals surface area contributed by atoms with E-state index in [1.165, 1.54) is 39.2 Å². The molecular weight excluding hydrogens is 372 g/mol. The van der Waals surface area contributed by atoms with Crippen LogP contribution in [0.2, 0.25) is 0 Å². The Morgan fingerprint density at radius 2 is 1.59 bits per heavy atom. The number of nitrogen functional groups attached to an aromatic ring is 1. The van der Waals surface area contributed by atoms with Crippen LogP contribution in [0.25, 0.3) is 27.4 Å². The summed E-state index contributed by atoms with van der Waals surface area (Å²) in [4.78, 5) is 0. The molecule has 0 saturated heterocycles. The monoisotopic (exact) mass is 399 g/mol. The Kier molecular flexibility index (Phi) is 6.06. The van der Waals surface area contributed by atoms with Crippen molar-refractivity contribution in [2.24, 2.45) is 0 Å². The van der Waals surface area contributed by atoms with Crippen molar-refractivity contribution in [2.75, 3.05) is 5.73 Å². The molecule has 4 aromatic rings. The van der Waals surface area contributed by atoms with E-state index in [1.807, 2.05) is 18.2 Å². The maximum Gasteiger partial charge on any atom is 0.262 e. The normalized spacial score (nSPS) is 11.0. The highest BCUT2D eigenvalue weighted by Gasteiger charge is 2.22. The zero-order valence-electron chi connectivity index (χ0n) is 16.7. The molecule has 29 heavy (non-hydrogen) atoms. The Morgan fingerprint density at radius 3 is 2.38 bits per heavy atom. The topological polar surface area (TPSA) is 29.9 Å².